The number of ether oxygens (including phenoxy) is 1. The lowest BCUT2D eigenvalue weighted by atomic mass is 9.88. The molecule has 0 amide bonds. The van der Waals surface area contributed by atoms with Gasteiger partial charge in [-0.2, -0.15) is 5.26 Å². The fraction of sp³-hybridized carbons (Fsp3) is 0.636. The monoisotopic (exact) mass is 412 g/mol. The minimum absolute atomic E-state index is 0.0517. The molecule has 1 heterocycles. The van der Waals surface area contributed by atoms with E-state index in [2.05, 4.69) is 0 Å². The molecule has 1 aliphatic heterocycles. The summed E-state index contributed by atoms with van der Waals surface area (Å²) >= 11 is 0. The van der Waals surface area contributed by atoms with Gasteiger partial charge in [-0.3, -0.25) is 4.79 Å². The molecule has 0 aliphatic carbocycles. The predicted octanol–water partition coefficient (Wildman–Crippen LogP) is 4.95. The highest BCUT2D eigenvalue weighted by molar-refractivity contribution is 5.71. The Balaban J connectivity index is 0.00000184. The lowest BCUT2D eigenvalue weighted by Crippen LogP contribution is -2.46. The first-order valence-corrected chi connectivity index (χ1v) is 10.1. The molecule has 1 aromatic rings. The molecule has 0 bridgehead atoms. The predicted molar refractivity (Wildman–Crippen MR) is 111 cm³/mol. The maximum absolute atomic E-state index is 14.1. The highest BCUT2D eigenvalue weighted by Gasteiger charge is 2.36. The number of benzene rings is 1. The number of hydrogen-bond acceptors (Lipinski definition) is 5. The molecule has 0 spiro atoms. The van der Waals surface area contributed by atoms with Crippen molar-refractivity contribution in [1.82, 2.24) is 0 Å². The van der Waals surface area contributed by atoms with Crippen LogP contribution in [-0.4, -0.2) is 35.4 Å². The fourth-order valence-electron chi connectivity index (χ4n) is 2.85. The van der Waals surface area contributed by atoms with Crippen LogP contribution in [0.25, 0.3) is 0 Å². The molecular weight excluding hydrogens is 378 g/mol. The molecule has 1 saturated heterocycles. The topological polar surface area (TPSA) is 73.6 Å². The summed E-state index contributed by atoms with van der Waals surface area (Å²) in [5.41, 5.74) is -2.15. The van der Waals surface area contributed by atoms with Gasteiger partial charge < -0.3 is 14.7 Å². The van der Waals surface area contributed by atoms with Gasteiger partial charge in [-0.05, 0) is 39.7 Å². The Labute approximate surface area is 173 Å². The molecule has 1 aromatic carbocycles. The summed E-state index contributed by atoms with van der Waals surface area (Å²) in [7, 11) is 0. The number of rotatable bonds is 3. The number of aliphatic hydroxyl groups is 1. The zero-order valence-electron chi connectivity index (χ0n) is 18.6. The van der Waals surface area contributed by atoms with E-state index in [0.29, 0.717) is 0 Å². The van der Waals surface area contributed by atoms with Crippen molar-refractivity contribution in [3.63, 3.8) is 0 Å². The summed E-state index contributed by atoms with van der Waals surface area (Å²) in [5.74, 6) is -1.96. The van der Waals surface area contributed by atoms with Gasteiger partial charge in [0.25, 0.3) is 0 Å². The number of carbonyl (C=O) groups is 1. The Morgan fingerprint density at radius 2 is 1.69 bits per heavy atom. The summed E-state index contributed by atoms with van der Waals surface area (Å²) in [5, 5.41) is 19.3. The van der Waals surface area contributed by atoms with Crippen molar-refractivity contribution in [2.24, 2.45) is 0 Å². The van der Waals surface area contributed by atoms with E-state index in [4.69, 9.17) is 10.00 Å². The van der Waals surface area contributed by atoms with Crippen LogP contribution < -0.4 is 4.90 Å². The molecule has 0 atom stereocenters. The molecule has 5 nitrogen and oxygen atoms in total. The van der Waals surface area contributed by atoms with Crippen molar-refractivity contribution in [2.45, 2.75) is 78.9 Å². The van der Waals surface area contributed by atoms with E-state index in [0.717, 1.165) is 12.1 Å². The summed E-state index contributed by atoms with van der Waals surface area (Å²) in [6.45, 7) is 13.8. The van der Waals surface area contributed by atoms with Crippen LogP contribution in [0, 0.1) is 23.0 Å². The van der Waals surface area contributed by atoms with Gasteiger partial charge in [-0.15, -0.1) is 0 Å². The summed E-state index contributed by atoms with van der Waals surface area (Å²) in [6, 6.07) is 3.45. The molecule has 2 rings (SSSR count). The highest BCUT2D eigenvalue weighted by Crippen LogP contribution is 2.31. The first-order valence-electron chi connectivity index (χ1n) is 10.1. The van der Waals surface area contributed by atoms with Gasteiger partial charge in [0.1, 0.15) is 23.3 Å². The second-order valence-corrected chi connectivity index (χ2v) is 7.37. The van der Waals surface area contributed by atoms with Crippen molar-refractivity contribution in [2.75, 3.05) is 18.0 Å². The fourth-order valence-corrected chi connectivity index (χ4v) is 2.85. The first kappa shape index (κ1) is 26.8. The Hall–Kier alpha value is -2.20. The second-order valence-electron chi connectivity index (χ2n) is 7.37. The van der Waals surface area contributed by atoms with Gasteiger partial charge in [0.15, 0.2) is 0 Å². The van der Waals surface area contributed by atoms with Crippen molar-refractivity contribution < 1.29 is 23.4 Å². The van der Waals surface area contributed by atoms with Crippen molar-refractivity contribution in [1.29, 1.82) is 5.26 Å². The van der Waals surface area contributed by atoms with Crippen LogP contribution in [0.4, 0.5) is 14.5 Å². The van der Waals surface area contributed by atoms with Crippen LogP contribution in [0.2, 0.25) is 0 Å². The number of nitriles is 1. The van der Waals surface area contributed by atoms with Crippen molar-refractivity contribution in [3.8, 4) is 6.07 Å². The average Bonchev–Trinajstić information content (AvgIpc) is 2.65. The minimum Gasteiger partial charge on any atom is -0.460 e. The maximum atomic E-state index is 14.1. The van der Waals surface area contributed by atoms with Gasteiger partial charge in [0.05, 0.1) is 23.3 Å². The molecule has 1 aliphatic rings. The Morgan fingerprint density at radius 3 is 2.14 bits per heavy atom. The summed E-state index contributed by atoms with van der Waals surface area (Å²) in [6.07, 6.45) is 0.322. The maximum Gasteiger partial charge on any atom is 0.309 e. The van der Waals surface area contributed by atoms with E-state index in [-0.39, 0.29) is 43.6 Å². The standard InChI is InChI=1S/C18H22F2N2O3.2C2H6/c1-17(2,3)25-16(23)10-18(24)4-6-22(7-5-18)15-9-13(19)12(11-21)8-14(15)20;2*1-2/h8-9,24H,4-7,10H2,1-3H3;2*1-2H3. The molecule has 29 heavy (non-hydrogen) atoms. The first-order chi connectivity index (χ1) is 13.5. The molecule has 1 N–H and O–H groups in total. The van der Waals surface area contributed by atoms with Crippen molar-refractivity contribution >= 4 is 11.7 Å². The molecule has 7 heteroatoms. The molecule has 0 radical (unpaired) electrons. The third kappa shape index (κ3) is 8.36. The van der Waals surface area contributed by atoms with E-state index < -0.39 is 28.8 Å². The molecule has 1 fully saturated rings. The molecular formula is C22H34F2N2O3. The third-order valence-electron chi connectivity index (χ3n) is 4.09. The minimum atomic E-state index is -1.22. The zero-order chi connectivity index (χ0) is 22.8. The van der Waals surface area contributed by atoms with Gasteiger partial charge in [0.2, 0.25) is 0 Å². The number of halogens is 2. The van der Waals surface area contributed by atoms with Gasteiger partial charge >= 0.3 is 5.97 Å². The van der Waals surface area contributed by atoms with Crippen LogP contribution in [0.1, 0.15) is 73.3 Å². The smallest absolute Gasteiger partial charge is 0.309 e. The Bertz CT molecular complexity index is 701. The molecule has 0 aromatic heterocycles. The number of hydrogen-bond donors (Lipinski definition) is 1. The Morgan fingerprint density at radius 1 is 1.17 bits per heavy atom. The SMILES string of the molecule is CC.CC.CC(C)(C)OC(=O)CC1(O)CCN(c2cc(F)c(C#N)cc2F)CC1. The number of esters is 1. The van der Waals surface area contributed by atoms with Crippen LogP contribution in [0.5, 0.6) is 0 Å². The van der Waals surface area contributed by atoms with Crippen LogP contribution in [0.15, 0.2) is 12.1 Å². The van der Waals surface area contributed by atoms with E-state index in [9.17, 15) is 18.7 Å². The molecule has 164 valence electrons. The number of nitrogens with zero attached hydrogens (tertiary/aromatic N) is 2. The van der Waals surface area contributed by atoms with Crippen LogP contribution in [-0.2, 0) is 9.53 Å². The highest BCUT2D eigenvalue weighted by atomic mass is 19.1. The molecule has 0 saturated carbocycles. The average molecular weight is 413 g/mol. The van der Waals surface area contributed by atoms with E-state index in [1.807, 2.05) is 27.7 Å². The largest absolute Gasteiger partial charge is 0.460 e. The van der Waals surface area contributed by atoms with E-state index in [1.165, 1.54) is 0 Å². The van der Waals surface area contributed by atoms with Gasteiger partial charge in [-0.25, -0.2) is 8.78 Å². The van der Waals surface area contributed by atoms with Crippen LogP contribution in [0.3, 0.4) is 0 Å². The third-order valence-corrected chi connectivity index (χ3v) is 4.09. The van der Waals surface area contributed by atoms with Crippen molar-refractivity contribution in [3.05, 3.63) is 29.3 Å². The van der Waals surface area contributed by atoms with E-state index >= 15 is 0 Å². The zero-order valence-corrected chi connectivity index (χ0v) is 18.6. The van der Waals surface area contributed by atoms with E-state index in [1.54, 1.807) is 31.7 Å². The van der Waals surface area contributed by atoms with Crippen LogP contribution >= 0.6 is 0 Å². The molecule has 0 unspecified atom stereocenters. The Kier molecular flexibility index (Phi) is 10.8. The number of carbonyl (C=O) groups excluding carboxylic acids is 1. The van der Waals surface area contributed by atoms with Gasteiger partial charge in [0, 0.05) is 19.2 Å². The summed E-state index contributed by atoms with van der Waals surface area (Å²) in [4.78, 5) is 13.5. The quantitative estimate of drug-likeness (QED) is 0.711. The lowest BCUT2D eigenvalue weighted by Gasteiger charge is -2.39. The summed E-state index contributed by atoms with van der Waals surface area (Å²) < 4.78 is 33.1. The number of piperidine rings is 1. The lowest BCUT2D eigenvalue weighted by molar-refractivity contribution is -0.161. The second kappa shape index (κ2) is 11.7. The number of anilines is 1. The normalized spacial score (nSPS) is 15.1. The van der Waals surface area contributed by atoms with Gasteiger partial charge in [-0.1, -0.05) is 27.7 Å².